The lowest BCUT2D eigenvalue weighted by Crippen LogP contribution is -2.22. The quantitative estimate of drug-likeness (QED) is 0.619. The number of carbonyl (C=O) groups is 1. The van der Waals surface area contributed by atoms with Gasteiger partial charge < -0.3 is 14.8 Å². The van der Waals surface area contributed by atoms with Gasteiger partial charge in [0.25, 0.3) is 5.91 Å². The number of carbonyl (C=O) groups excluding carboxylic acids is 1. The molecule has 7 heteroatoms. The van der Waals surface area contributed by atoms with E-state index in [1.54, 1.807) is 24.3 Å². The second kappa shape index (κ2) is 9.11. The molecule has 2 aromatic carbocycles. The molecule has 0 radical (unpaired) electrons. The van der Waals surface area contributed by atoms with Gasteiger partial charge in [-0.15, -0.1) is 0 Å². The monoisotopic (exact) mass is 411 g/mol. The maximum absolute atomic E-state index is 12.6. The SMILES string of the molecule is O=C(COc1ccc(Cl)cc1)Nc1c(-c2ccccc2)n[nH]c1C1CCOCC1. The summed E-state index contributed by atoms with van der Waals surface area (Å²) in [4.78, 5) is 12.6. The third-order valence-corrected chi connectivity index (χ3v) is 5.17. The molecule has 1 amide bonds. The highest BCUT2D eigenvalue weighted by atomic mass is 35.5. The average Bonchev–Trinajstić information content (AvgIpc) is 3.18. The van der Waals surface area contributed by atoms with Crippen molar-refractivity contribution in [1.29, 1.82) is 0 Å². The fourth-order valence-electron chi connectivity index (χ4n) is 3.42. The number of rotatable bonds is 6. The van der Waals surface area contributed by atoms with E-state index in [1.165, 1.54) is 0 Å². The molecule has 0 saturated carbocycles. The molecule has 0 bridgehead atoms. The van der Waals surface area contributed by atoms with Gasteiger partial charge in [0, 0.05) is 29.7 Å². The number of ether oxygens (including phenoxy) is 2. The first-order valence-electron chi connectivity index (χ1n) is 9.60. The molecule has 2 heterocycles. The van der Waals surface area contributed by atoms with Crippen LogP contribution < -0.4 is 10.1 Å². The Hall–Kier alpha value is -2.83. The largest absolute Gasteiger partial charge is 0.484 e. The summed E-state index contributed by atoms with van der Waals surface area (Å²) in [5.74, 6) is 0.609. The lowest BCUT2D eigenvalue weighted by molar-refractivity contribution is -0.118. The lowest BCUT2D eigenvalue weighted by atomic mass is 9.94. The van der Waals surface area contributed by atoms with Crippen molar-refractivity contribution < 1.29 is 14.3 Å². The van der Waals surface area contributed by atoms with Gasteiger partial charge in [-0.25, -0.2) is 0 Å². The van der Waals surface area contributed by atoms with Crippen LogP contribution in [0.3, 0.4) is 0 Å². The Balaban J connectivity index is 1.54. The van der Waals surface area contributed by atoms with Gasteiger partial charge in [0.05, 0.1) is 11.4 Å². The highest BCUT2D eigenvalue weighted by Gasteiger charge is 2.25. The molecule has 1 aliphatic heterocycles. The zero-order chi connectivity index (χ0) is 20.1. The van der Waals surface area contributed by atoms with Crippen molar-refractivity contribution in [3.05, 3.63) is 65.3 Å². The molecule has 6 nitrogen and oxygen atoms in total. The zero-order valence-electron chi connectivity index (χ0n) is 15.9. The van der Waals surface area contributed by atoms with Gasteiger partial charge in [-0.3, -0.25) is 9.89 Å². The van der Waals surface area contributed by atoms with E-state index in [2.05, 4.69) is 15.5 Å². The Labute approximate surface area is 174 Å². The van der Waals surface area contributed by atoms with E-state index >= 15 is 0 Å². The first-order valence-corrected chi connectivity index (χ1v) is 9.98. The number of benzene rings is 2. The third-order valence-electron chi connectivity index (χ3n) is 4.92. The number of hydrogen-bond donors (Lipinski definition) is 2. The standard InChI is InChI=1S/C22H22ClN3O3/c23-17-6-8-18(9-7-17)29-14-19(27)24-22-20(15-4-2-1-3-5-15)25-26-21(22)16-10-12-28-13-11-16/h1-9,16H,10-14H2,(H,24,27)(H,25,26). The molecule has 29 heavy (non-hydrogen) atoms. The van der Waals surface area contributed by atoms with Gasteiger partial charge in [-0.1, -0.05) is 41.9 Å². The van der Waals surface area contributed by atoms with E-state index in [-0.39, 0.29) is 18.4 Å². The van der Waals surface area contributed by atoms with Crippen molar-refractivity contribution in [3.63, 3.8) is 0 Å². The summed E-state index contributed by atoms with van der Waals surface area (Å²) in [6.45, 7) is 1.31. The van der Waals surface area contributed by atoms with Crippen LogP contribution in [0.4, 0.5) is 5.69 Å². The Morgan fingerprint density at radius 1 is 1.14 bits per heavy atom. The van der Waals surface area contributed by atoms with Crippen LogP contribution in [0.1, 0.15) is 24.5 Å². The Bertz CT molecular complexity index is 951. The van der Waals surface area contributed by atoms with Gasteiger partial charge in [0.1, 0.15) is 11.4 Å². The number of anilines is 1. The minimum atomic E-state index is -0.244. The normalized spacial score (nSPS) is 14.5. The lowest BCUT2D eigenvalue weighted by Gasteiger charge is -2.22. The zero-order valence-corrected chi connectivity index (χ0v) is 16.6. The summed E-state index contributed by atoms with van der Waals surface area (Å²) in [6.07, 6.45) is 1.78. The molecule has 0 atom stereocenters. The molecule has 4 rings (SSSR count). The molecule has 1 fully saturated rings. The summed E-state index contributed by atoms with van der Waals surface area (Å²) in [5, 5.41) is 11.3. The van der Waals surface area contributed by atoms with Crippen molar-refractivity contribution in [3.8, 4) is 17.0 Å². The number of amides is 1. The van der Waals surface area contributed by atoms with E-state index in [0.717, 1.165) is 29.8 Å². The third kappa shape index (κ3) is 4.78. The smallest absolute Gasteiger partial charge is 0.262 e. The second-order valence-electron chi connectivity index (χ2n) is 6.90. The van der Waals surface area contributed by atoms with Crippen molar-refractivity contribution in [2.24, 2.45) is 0 Å². The van der Waals surface area contributed by atoms with E-state index in [0.29, 0.717) is 29.7 Å². The van der Waals surface area contributed by atoms with Crippen molar-refractivity contribution in [2.75, 3.05) is 25.1 Å². The molecular formula is C22H22ClN3O3. The summed E-state index contributed by atoms with van der Waals surface area (Å²) in [5.41, 5.74) is 3.32. The van der Waals surface area contributed by atoms with Crippen LogP contribution in [-0.2, 0) is 9.53 Å². The minimum absolute atomic E-state index is 0.103. The fourth-order valence-corrected chi connectivity index (χ4v) is 3.55. The first kappa shape index (κ1) is 19.5. The number of nitrogens with one attached hydrogen (secondary N) is 2. The van der Waals surface area contributed by atoms with Crippen LogP contribution in [0.5, 0.6) is 5.75 Å². The van der Waals surface area contributed by atoms with Gasteiger partial charge in [-0.2, -0.15) is 5.10 Å². The highest BCUT2D eigenvalue weighted by Crippen LogP contribution is 2.36. The predicted molar refractivity (Wildman–Crippen MR) is 112 cm³/mol. The summed E-state index contributed by atoms with van der Waals surface area (Å²) < 4.78 is 11.1. The van der Waals surface area contributed by atoms with E-state index in [1.807, 2.05) is 30.3 Å². The first-order chi connectivity index (χ1) is 14.2. The summed E-state index contributed by atoms with van der Waals surface area (Å²) >= 11 is 5.88. The fraction of sp³-hybridized carbons (Fsp3) is 0.273. The van der Waals surface area contributed by atoms with Gasteiger partial charge in [0.15, 0.2) is 6.61 Å². The second-order valence-corrected chi connectivity index (χ2v) is 7.34. The Morgan fingerprint density at radius 3 is 2.59 bits per heavy atom. The number of hydrogen-bond acceptors (Lipinski definition) is 4. The summed E-state index contributed by atoms with van der Waals surface area (Å²) in [7, 11) is 0. The maximum atomic E-state index is 12.6. The van der Waals surface area contributed by atoms with Crippen LogP contribution in [0.2, 0.25) is 5.02 Å². The van der Waals surface area contributed by atoms with Crippen molar-refractivity contribution in [2.45, 2.75) is 18.8 Å². The molecule has 1 aliphatic rings. The Kier molecular flexibility index (Phi) is 6.12. The number of aromatic nitrogens is 2. The molecule has 2 N–H and O–H groups in total. The summed E-state index contributed by atoms with van der Waals surface area (Å²) in [6, 6.07) is 16.7. The molecule has 150 valence electrons. The van der Waals surface area contributed by atoms with Crippen LogP contribution >= 0.6 is 11.6 Å². The maximum Gasteiger partial charge on any atom is 0.262 e. The molecule has 0 unspecified atom stereocenters. The van der Waals surface area contributed by atoms with Crippen LogP contribution in [-0.4, -0.2) is 35.9 Å². The van der Waals surface area contributed by atoms with Gasteiger partial charge >= 0.3 is 0 Å². The molecule has 1 aromatic heterocycles. The molecular weight excluding hydrogens is 390 g/mol. The highest BCUT2D eigenvalue weighted by molar-refractivity contribution is 6.30. The van der Waals surface area contributed by atoms with E-state index in [4.69, 9.17) is 21.1 Å². The number of halogens is 1. The van der Waals surface area contributed by atoms with Crippen LogP contribution in [0.15, 0.2) is 54.6 Å². The van der Waals surface area contributed by atoms with Gasteiger partial charge in [-0.05, 0) is 37.1 Å². The van der Waals surface area contributed by atoms with Gasteiger partial charge in [0.2, 0.25) is 0 Å². The van der Waals surface area contributed by atoms with E-state index in [9.17, 15) is 4.79 Å². The molecule has 0 aliphatic carbocycles. The van der Waals surface area contributed by atoms with Crippen LogP contribution in [0.25, 0.3) is 11.3 Å². The number of nitrogens with zero attached hydrogens (tertiary/aromatic N) is 1. The average molecular weight is 412 g/mol. The Morgan fingerprint density at radius 2 is 1.86 bits per heavy atom. The predicted octanol–water partition coefficient (Wildman–Crippen LogP) is 4.64. The number of aromatic amines is 1. The minimum Gasteiger partial charge on any atom is -0.484 e. The molecule has 3 aromatic rings. The van der Waals surface area contributed by atoms with E-state index < -0.39 is 0 Å². The molecule has 0 spiro atoms. The van der Waals surface area contributed by atoms with Crippen molar-refractivity contribution >= 4 is 23.2 Å². The topological polar surface area (TPSA) is 76.2 Å². The number of H-pyrrole nitrogens is 1. The van der Waals surface area contributed by atoms with Crippen molar-refractivity contribution in [1.82, 2.24) is 10.2 Å². The molecule has 1 saturated heterocycles. The van der Waals surface area contributed by atoms with Crippen LogP contribution in [0, 0.1) is 0 Å².